The van der Waals surface area contributed by atoms with E-state index in [2.05, 4.69) is 50.5 Å². The van der Waals surface area contributed by atoms with Gasteiger partial charge in [0.25, 0.3) is 0 Å². The fourth-order valence-electron chi connectivity index (χ4n) is 2.56. The van der Waals surface area contributed by atoms with E-state index in [0.717, 1.165) is 27.5 Å². The second-order valence-corrected chi connectivity index (χ2v) is 6.14. The van der Waals surface area contributed by atoms with Crippen LogP contribution in [0.3, 0.4) is 0 Å². The van der Waals surface area contributed by atoms with Gasteiger partial charge < -0.3 is 4.90 Å². The minimum atomic E-state index is 0.717. The summed E-state index contributed by atoms with van der Waals surface area (Å²) in [5.41, 5.74) is 0. The van der Waals surface area contributed by atoms with E-state index in [1.165, 1.54) is 6.42 Å². The van der Waals surface area contributed by atoms with Crippen LogP contribution in [0.25, 0.3) is 0 Å². The molecule has 0 aromatic carbocycles. The molecule has 16 heavy (non-hydrogen) atoms. The van der Waals surface area contributed by atoms with Crippen molar-refractivity contribution >= 4 is 40.0 Å². The Kier molecular flexibility index (Phi) is 2.76. The zero-order valence-electron chi connectivity index (χ0n) is 9.03. The Morgan fingerprint density at radius 3 is 2.69 bits per heavy atom. The molecule has 0 spiro atoms. The van der Waals surface area contributed by atoms with Crippen LogP contribution in [0.2, 0.25) is 5.02 Å². The third-order valence-electron chi connectivity index (χ3n) is 3.68. The van der Waals surface area contributed by atoms with E-state index in [1.54, 1.807) is 6.20 Å². The molecule has 1 aromatic heterocycles. The molecule has 3 fully saturated rings. The second kappa shape index (κ2) is 3.99. The number of nitrogens with zero attached hydrogens (tertiary/aromatic N) is 3. The molecular formula is C11H13ClIN3. The molecule has 3 saturated heterocycles. The molecule has 0 amide bonds. The number of aromatic nitrogens is 1. The van der Waals surface area contributed by atoms with Gasteiger partial charge in [0, 0.05) is 34.9 Å². The normalized spacial score (nSPS) is 29.1. The van der Waals surface area contributed by atoms with Gasteiger partial charge in [0.05, 0.1) is 5.02 Å². The number of likely N-dealkylation sites (N-methyl/N-ethyl adjacent to an activating group) is 1. The van der Waals surface area contributed by atoms with E-state index in [-0.39, 0.29) is 0 Å². The van der Waals surface area contributed by atoms with Crippen molar-refractivity contribution in [2.24, 2.45) is 0 Å². The first-order valence-corrected chi connectivity index (χ1v) is 6.89. The van der Waals surface area contributed by atoms with Crippen LogP contribution in [0.1, 0.15) is 6.42 Å². The third-order valence-corrected chi connectivity index (χ3v) is 5.19. The molecule has 2 unspecified atom stereocenters. The van der Waals surface area contributed by atoms with Crippen molar-refractivity contribution in [3.8, 4) is 0 Å². The van der Waals surface area contributed by atoms with E-state index in [4.69, 9.17) is 11.6 Å². The molecule has 3 nitrogen and oxygen atoms in total. The Hall–Kier alpha value is -0.0700. The lowest BCUT2D eigenvalue weighted by Crippen LogP contribution is -2.67. The van der Waals surface area contributed by atoms with Crippen molar-refractivity contribution in [1.82, 2.24) is 9.88 Å². The number of piperidine rings is 1. The van der Waals surface area contributed by atoms with Crippen molar-refractivity contribution in [3.63, 3.8) is 0 Å². The van der Waals surface area contributed by atoms with Crippen LogP contribution in [0, 0.1) is 3.57 Å². The Labute approximate surface area is 114 Å². The van der Waals surface area contributed by atoms with Gasteiger partial charge in [-0.05, 0) is 42.1 Å². The average Bonchev–Trinajstić information content (AvgIpc) is 2.32. The molecule has 4 heterocycles. The number of pyridine rings is 1. The van der Waals surface area contributed by atoms with Gasteiger partial charge in [0.1, 0.15) is 5.82 Å². The average molecular weight is 350 g/mol. The number of piperazine rings is 1. The van der Waals surface area contributed by atoms with E-state index in [1.807, 2.05) is 0 Å². The zero-order chi connectivity index (χ0) is 11.3. The van der Waals surface area contributed by atoms with Crippen molar-refractivity contribution in [1.29, 1.82) is 0 Å². The van der Waals surface area contributed by atoms with E-state index < -0.39 is 0 Å². The lowest BCUT2D eigenvalue weighted by atomic mass is 9.88. The molecule has 3 aliphatic rings. The number of fused-ring (bicyclic) bond motifs is 2. The molecule has 3 aliphatic heterocycles. The minimum Gasteiger partial charge on any atom is -0.353 e. The Balaban J connectivity index is 1.81. The van der Waals surface area contributed by atoms with Gasteiger partial charge in [-0.25, -0.2) is 4.98 Å². The highest BCUT2D eigenvalue weighted by molar-refractivity contribution is 14.1. The highest BCUT2D eigenvalue weighted by atomic mass is 127. The zero-order valence-corrected chi connectivity index (χ0v) is 11.9. The largest absolute Gasteiger partial charge is 0.353 e. The fraction of sp³-hybridized carbons (Fsp3) is 0.545. The SMILES string of the molecule is CN1C2CC1CN(c1cc(I)c(Cl)cn1)C2. The standard InChI is InChI=1S/C11H13ClIN3/c1-15-7-2-8(15)6-16(5-7)11-3-10(13)9(12)4-14-11/h3-4,7-8H,2,5-6H2,1H3. The van der Waals surface area contributed by atoms with Gasteiger partial charge in [0.15, 0.2) is 0 Å². The summed E-state index contributed by atoms with van der Waals surface area (Å²) in [6, 6.07) is 3.51. The maximum atomic E-state index is 5.98. The maximum Gasteiger partial charge on any atom is 0.129 e. The molecule has 86 valence electrons. The van der Waals surface area contributed by atoms with E-state index in [9.17, 15) is 0 Å². The van der Waals surface area contributed by atoms with Crippen molar-refractivity contribution in [2.45, 2.75) is 18.5 Å². The molecule has 0 radical (unpaired) electrons. The summed E-state index contributed by atoms with van der Waals surface area (Å²) in [5, 5.41) is 0.739. The predicted octanol–water partition coefficient (Wildman–Crippen LogP) is 2.23. The molecule has 1 aromatic rings. The smallest absolute Gasteiger partial charge is 0.129 e. The fourth-order valence-corrected chi connectivity index (χ4v) is 3.08. The van der Waals surface area contributed by atoms with Crippen LogP contribution < -0.4 is 4.90 Å². The van der Waals surface area contributed by atoms with Crippen LogP contribution in [-0.2, 0) is 0 Å². The first-order chi connectivity index (χ1) is 7.65. The first kappa shape index (κ1) is 11.0. The number of halogens is 2. The highest BCUT2D eigenvalue weighted by Crippen LogP contribution is 2.33. The monoisotopic (exact) mass is 349 g/mol. The number of rotatable bonds is 1. The van der Waals surface area contributed by atoms with Crippen LogP contribution in [0.5, 0.6) is 0 Å². The van der Waals surface area contributed by atoms with Crippen LogP contribution >= 0.6 is 34.2 Å². The van der Waals surface area contributed by atoms with Gasteiger partial charge >= 0.3 is 0 Å². The molecule has 4 rings (SSSR count). The Morgan fingerprint density at radius 1 is 1.44 bits per heavy atom. The van der Waals surface area contributed by atoms with E-state index in [0.29, 0.717) is 12.1 Å². The van der Waals surface area contributed by atoms with Crippen molar-refractivity contribution < 1.29 is 0 Å². The van der Waals surface area contributed by atoms with Gasteiger partial charge in [-0.15, -0.1) is 0 Å². The van der Waals surface area contributed by atoms with E-state index >= 15 is 0 Å². The Bertz CT molecular complexity index is 414. The number of hydrogen-bond donors (Lipinski definition) is 0. The lowest BCUT2D eigenvalue weighted by Gasteiger charge is -2.55. The van der Waals surface area contributed by atoms with Crippen LogP contribution in [-0.4, -0.2) is 42.1 Å². The number of anilines is 1. The molecule has 0 saturated carbocycles. The molecule has 2 atom stereocenters. The topological polar surface area (TPSA) is 19.4 Å². The first-order valence-electron chi connectivity index (χ1n) is 5.43. The van der Waals surface area contributed by atoms with Gasteiger partial charge in [-0.3, -0.25) is 4.90 Å². The Morgan fingerprint density at radius 2 is 2.12 bits per heavy atom. The summed E-state index contributed by atoms with van der Waals surface area (Å²) in [7, 11) is 2.22. The summed E-state index contributed by atoms with van der Waals surface area (Å²) in [6.45, 7) is 2.19. The van der Waals surface area contributed by atoms with Crippen molar-refractivity contribution in [2.75, 3.05) is 25.0 Å². The molecule has 2 bridgehead atoms. The molecule has 5 heteroatoms. The van der Waals surface area contributed by atoms with Gasteiger partial charge in [-0.1, -0.05) is 11.6 Å². The summed E-state index contributed by atoms with van der Waals surface area (Å²) in [6.07, 6.45) is 3.10. The number of hydrogen-bond acceptors (Lipinski definition) is 3. The van der Waals surface area contributed by atoms with Crippen LogP contribution in [0.15, 0.2) is 12.3 Å². The second-order valence-electron chi connectivity index (χ2n) is 4.57. The maximum absolute atomic E-state index is 5.98. The predicted molar refractivity (Wildman–Crippen MR) is 74.1 cm³/mol. The van der Waals surface area contributed by atoms with Crippen molar-refractivity contribution in [3.05, 3.63) is 20.9 Å². The summed E-state index contributed by atoms with van der Waals surface area (Å²) >= 11 is 8.24. The molecular weight excluding hydrogens is 336 g/mol. The summed E-state index contributed by atoms with van der Waals surface area (Å²) in [4.78, 5) is 9.26. The van der Waals surface area contributed by atoms with Gasteiger partial charge in [0.2, 0.25) is 0 Å². The summed E-state index contributed by atoms with van der Waals surface area (Å²) in [5.74, 6) is 1.07. The molecule has 0 aliphatic carbocycles. The minimum absolute atomic E-state index is 0.717. The third kappa shape index (κ3) is 1.71. The lowest BCUT2D eigenvalue weighted by molar-refractivity contribution is 0.0261. The molecule has 0 N–H and O–H groups in total. The summed E-state index contributed by atoms with van der Waals surface area (Å²) < 4.78 is 1.08. The highest BCUT2D eigenvalue weighted by Gasteiger charge is 2.42. The van der Waals surface area contributed by atoms with Gasteiger partial charge in [-0.2, -0.15) is 0 Å². The van der Waals surface area contributed by atoms with Crippen LogP contribution in [0.4, 0.5) is 5.82 Å². The quantitative estimate of drug-likeness (QED) is 0.725.